The summed E-state index contributed by atoms with van der Waals surface area (Å²) in [4.78, 5) is 33.7. The lowest BCUT2D eigenvalue weighted by Crippen LogP contribution is -2.53. The van der Waals surface area contributed by atoms with Crippen molar-refractivity contribution in [2.45, 2.75) is 31.3 Å². The van der Waals surface area contributed by atoms with Crippen molar-refractivity contribution in [3.63, 3.8) is 0 Å². The Bertz CT molecular complexity index is 1090. The maximum atomic E-state index is 13.4. The van der Waals surface area contributed by atoms with Crippen LogP contribution in [-0.4, -0.2) is 65.9 Å². The summed E-state index contributed by atoms with van der Waals surface area (Å²) >= 11 is 6.07. The number of aromatic amines is 1. The molecule has 1 aliphatic heterocycles. The lowest BCUT2D eigenvalue weighted by atomic mass is 10.0. The Morgan fingerprint density at radius 1 is 1.12 bits per heavy atom. The number of benzene rings is 2. The predicted octanol–water partition coefficient (Wildman–Crippen LogP) is 3.72. The number of hydrogen-bond donors (Lipinski definition) is 2. The van der Waals surface area contributed by atoms with Crippen LogP contribution in [0.1, 0.15) is 28.9 Å². The van der Waals surface area contributed by atoms with Crippen LogP contribution in [0.4, 0.5) is 0 Å². The third-order valence-corrected chi connectivity index (χ3v) is 6.46. The maximum absolute atomic E-state index is 13.4. The molecule has 4 rings (SSSR count). The Kier molecular flexibility index (Phi) is 6.82. The standard InChI is InChI=1S/C25H29ClN4O2/c1-29(2)20-10-12-30(13-11-20)25(32)23(14-17-6-4-3-5-7-17)28-24(31)22-16-18-15-19(26)8-9-21(18)27-22/h3-9,15-16,20,23,27H,10-14H2,1-2H3,(H,28,31). The van der Waals surface area contributed by atoms with Crippen molar-refractivity contribution in [1.82, 2.24) is 20.1 Å². The van der Waals surface area contributed by atoms with Gasteiger partial charge < -0.3 is 20.1 Å². The molecule has 2 heterocycles. The van der Waals surface area contributed by atoms with Crippen LogP contribution in [0.5, 0.6) is 0 Å². The molecule has 1 aliphatic rings. The van der Waals surface area contributed by atoms with Gasteiger partial charge in [0.05, 0.1) is 0 Å². The number of fused-ring (bicyclic) bond motifs is 1. The number of halogens is 1. The van der Waals surface area contributed by atoms with Crippen LogP contribution in [0.2, 0.25) is 5.02 Å². The molecule has 0 saturated carbocycles. The summed E-state index contributed by atoms with van der Waals surface area (Å²) in [5.74, 6) is -0.326. The molecule has 1 atom stereocenters. The number of carbonyl (C=O) groups excluding carboxylic acids is 2. The molecule has 1 saturated heterocycles. The van der Waals surface area contributed by atoms with Crippen molar-refractivity contribution in [3.8, 4) is 0 Å². The largest absolute Gasteiger partial charge is 0.351 e. The first-order valence-corrected chi connectivity index (χ1v) is 11.4. The number of aromatic nitrogens is 1. The zero-order valence-electron chi connectivity index (χ0n) is 18.5. The van der Waals surface area contributed by atoms with E-state index in [-0.39, 0.29) is 11.8 Å². The summed E-state index contributed by atoms with van der Waals surface area (Å²) in [5.41, 5.74) is 2.26. The van der Waals surface area contributed by atoms with Gasteiger partial charge in [0.15, 0.2) is 0 Å². The second-order valence-corrected chi connectivity index (χ2v) is 9.09. The lowest BCUT2D eigenvalue weighted by molar-refractivity contribution is -0.134. The highest BCUT2D eigenvalue weighted by Gasteiger charge is 2.30. The highest BCUT2D eigenvalue weighted by atomic mass is 35.5. The van der Waals surface area contributed by atoms with Gasteiger partial charge in [-0.3, -0.25) is 9.59 Å². The third-order valence-electron chi connectivity index (χ3n) is 6.22. The van der Waals surface area contributed by atoms with Crippen LogP contribution in [-0.2, 0) is 11.2 Å². The highest BCUT2D eigenvalue weighted by Crippen LogP contribution is 2.21. The number of amides is 2. The number of nitrogens with one attached hydrogen (secondary N) is 2. The van der Waals surface area contributed by atoms with Crippen molar-refractivity contribution >= 4 is 34.3 Å². The van der Waals surface area contributed by atoms with Crippen molar-refractivity contribution < 1.29 is 9.59 Å². The number of nitrogens with zero attached hydrogens (tertiary/aromatic N) is 2. The molecular formula is C25H29ClN4O2. The van der Waals surface area contributed by atoms with Gasteiger partial charge in [0.1, 0.15) is 11.7 Å². The molecule has 7 heteroatoms. The number of H-pyrrole nitrogens is 1. The molecule has 0 aliphatic carbocycles. The molecular weight excluding hydrogens is 424 g/mol. The smallest absolute Gasteiger partial charge is 0.268 e. The van der Waals surface area contributed by atoms with Gasteiger partial charge in [-0.2, -0.15) is 0 Å². The van der Waals surface area contributed by atoms with E-state index in [2.05, 4.69) is 29.3 Å². The molecule has 2 N–H and O–H groups in total. The molecule has 0 spiro atoms. The van der Waals surface area contributed by atoms with E-state index in [9.17, 15) is 9.59 Å². The van der Waals surface area contributed by atoms with E-state index in [4.69, 9.17) is 11.6 Å². The Labute approximate surface area is 193 Å². The van der Waals surface area contributed by atoms with Gasteiger partial charge in [-0.05, 0) is 56.8 Å². The Morgan fingerprint density at radius 2 is 1.84 bits per heavy atom. The second kappa shape index (κ2) is 9.76. The Hall–Kier alpha value is -2.83. The minimum absolute atomic E-state index is 0.0291. The van der Waals surface area contributed by atoms with Gasteiger partial charge in [-0.1, -0.05) is 41.9 Å². The van der Waals surface area contributed by atoms with Crippen LogP contribution in [0, 0.1) is 0 Å². The number of hydrogen-bond acceptors (Lipinski definition) is 3. The molecule has 0 radical (unpaired) electrons. The summed E-state index contributed by atoms with van der Waals surface area (Å²) < 4.78 is 0. The van der Waals surface area contributed by atoms with Crippen LogP contribution in [0.15, 0.2) is 54.6 Å². The Balaban J connectivity index is 1.52. The molecule has 1 unspecified atom stereocenters. The van der Waals surface area contributed by atoms with Crippen molar-refractivity contribution in [1.29, 1.82) is 0 Å². The lowest BCUT2D eigenvalue weighted by Gasteiger charge is -2.37. The van der Waals surface area contributed by atoms with Crippen molar-refractivity contribution in [2.24, 2.45) is 0 Å². The van der Waals surface area contributed by atoms with E-state index >= 15 is 0 Å². The molecule has 3 aromatic rings. The summed E-state index contributed by atoms with van der Waals surface area (Å²) in [6.07, 6.45) is 2.33. The highest BCUT2D eigenvalue weighted by molar-refractivity contribution is 6.31. The summed E-state index contributed by atoms with van der Waals surface area (Å²) in [7, 11) is 4.15. The Morgan fingerprint density at radius 3 is 2.53 bits per heavy atom. The maximum Gasteiger partial charge on any atom is 0.268 e. The number of piperidine rings is 1. The van der Waals surface area contributed by atoms with Gasteiger partial charge in [0.2, 0.25) is 5.91 Å². The first-order chi connectivity index (χ1) is 15.4. The van der Waals surface area contributed by atoms with E-state index in [1.54, 1.807) is 12.1 Å². The SMILES string of the molecule is CN(C)C1CCN(C(=O)C(Cc2ccccc2)NC(=O)c2cc3cc(Cl)ccc3[nH]2)CC1. The fourth-order valence-electron chi connectivity index (χ4n) is 4.33. The molecule has 2 aromatic carbocycles. The first-order valence-electron chi connectivity index (χ1n) is 11.0. The summed E-state index contributed by atoms with van der Waals surface area (Å²) in [5, 5.41) is 4.46. The third kappa shape index (κ3) is 5.14. The van der Waals surface area contributed by atoms with Crippen molar-refractivity contribution in [3.05, 3.63) is 70.9 Å². The predicted molar refractivity (Wildman–Crippen MR) is 128 cm³/mol. The van der Waals surface area contributed by atoms with E-state index in [0.29, 0.717) is 36.3 Å². The average molecular weight is 453 g/mol. The fourth-order valence-corrected chi connectivity index (χ4v) is 4.52. The van der Waals surface area contributed by atoms with Crippen LogP contribution in [0.25, 0.3) is 10.9 Å². The van der Waals surface area contributed by atoms with E-state index in [1.807, 2.05) is 47.4 Å². The fraction of sp³-hybridized carbons (Fsp3) is 0.360. The zero-order chi connectivity index (χ0) is 22.7. The number of likely N-dealkylation sites (tertiary alicyclic amines) is 1. The van der Waals surface area contributed by atoms with Crippen LogP contribution >= 0.6 is 11.6 Å². The van der Waals surface area contributed by atoms with Gasteiger partial charge in [-0.15, -0.1) is 0 Å². The average Bonchev–Trinajstić information content (AvgIpc) is 3.22. The minimum atomic E-state index is -0.629. The quantitative estimate of drug-likeness (QED) is 0.599. The number of rotatable bonds is 6. The zero-order valence-corrected chi connectivity index (χ0v) is 19.2. The summed E-state index contributed by atoms with van der Waals surface area (Å²) in [6.45, 7) is 1.40. The van der Waals surface area contributed by atoms with Gasteiger partial charge >= 0.3 is 0 Å². The van der Waals surface area contributed by atoms with E-state index in [1.165, 1.54) is 0 Å². The number of carbonyl (C=O) groups is 2. The minimum Gasteiger partial charge on any atom is -0.351 e. The first kappa shape index (κ1) is 22.4. The van der Waals surface area contributed by atoms with E-state index < -0.39 is 6.04 Å². The monoisotopic (exact) mass is 452 g/mol. The molecule has 168 valence electrons. The molecule has 1 fully saturated rings. The topological polar surface area (TPSA) is 68.4 Å². The molecule has 32 heavy (non-hydrogen) atoms. The van der Waals surface area contributed by atoms with Gasteiger partial charge in [0, 0.05) is 41.5 Å². The van der Waals surface area contributed by atoms with E-state index in [0.717, 1.165) is 29.3 Å². The van der Waals surface area contributed by atoms with Gasteiger partial charge in [-0.25, -0.2) is 0 Å². The molecule has 1 aromatic heterocycles. The second-order valence-electron chi connectivity index (χ2n) is 8.65. The molecule has 6 nitrogen and oxygen atoms in total. The van der Waals surface area contributed by atoms with Crippen LogP contribution in [0.3, 0.4) is 0 Å². The summed E-state index contributed by atoms with van der Waals surface area (Å²) in [6, 6.07) is 16.9. The van der Waals surface area contributed by atoms with Crippen LogP contribution < -0.4 is 5.32 Å². The van der Waals surface area contributed by atoms with Gasteiger partial charge in [0.25, 0.3) is 5.91 Å². The molecule has 0 bridgehead atoms. The van der Waals surface area contributed by atoms with Crippen molar-refractivity contribution in [2.75, 3.05) is 27.2 Å². The normalized spacial score (nSPS) is 15.8. The molecule has 2 amide bonds.